The van der Waals surface area contributed by atoms with Gasteiger partial charge in [-0.15, -0.1) is 11.6 Å². The van der Waals surface area contributed by atoms with Gasteiger partial charge in [0.2, 0.25) is 5.78 Å². The summed E-state index contributed by atoms with van der Waals surface area (Å²) in [6.07, 6.45) is 5.27. The number of halogens is 2. The van der Waals surface area contributed by atoms with Gasteiger partial charge in [-0.25, -0.2) is 0 Å². The number of esters is 2. The van der Waals surface area contributed by atoms with E-state index in [0.717, 1.165) is 5.57 Å². The van der Waals surface area contributed by atoms with Crippen LogP contribution in [0.3, 0.4) is 0 Å². The molecule has 4 aliphatic rings. The van der Waals surface area contributed by atoms with Crippen LogP contribution in [0.5, 0.6) is 0 Å². The second-order valence-corrected chi connectivity index (χ2v) is 13.2. The van der Waals surface area contributed by atoms with Crippen molar-refractivity contribution < 1.29 is 33.8 Å². The molecular formula is C28H36BrClO7. The molecule has 0 spiro atoms. The first-order chi connectivity index (χ1) is 17.2. The fourth-order valence-corrected chi connectivity index (χ4v) is 9.50. The summed E-state index contributed by atoms with van der Waals surface area (Å²) in [5.41, 5.74) is -2.48. The van der Waals surface area contributed by atoms with Crippen LogP contribution in [0, 0.1) is 28.6 Å². The van der Waals surface area contributed by atoms with Crippen LogP contribution in [-0.4, -0.2) is 56.6 Å². The molecule has 4 aliphatic carbocycles. The number of fused-ring (bicyclic) bond motifs is 5. The number of hydrogen-bond donors (Lipinski definition) is 1. The van der Waals surface area contributed by atoms with Gasteiger partial charge in [-0.2, -0.15) is 0 Å². The van der Waals surface area contributed by atoms with E-state index in [-0.39, 0.29) is 47.6 Å². The van der Waals surface area contributed by atoms with E-state index in [0.29, 0.717) is 12.8 Å². The minimum absolute atomic E-state index is 0.0805. The molecule has 204 valence electrons. The number of allylic oxidation sites excluding steroid dienone is 4. The third-order valence-corrected chi connectivity index (χ3v) is 11.6. The molecule has 0 unspecified atom stereocenters. The lowest BCUT2D eigenvalue weighted by atomic mass is 9.45. The quantitative estimate of drug-likeness (QED) is 0.355. The minimum Gasteiger partial charge on any atom is -0.457 e. The zero-order chi connectivity index (χ0) is 27.6. The van der Waals surface area contributed by atoms with Crippen molar-refractivity contribution >= 4 is 51.0 Å². The van der Waals surface area contributed by atoms with Crippen molar-refractivity contribution in [3.05, 3.63) is 23.8 Å². The van der Waals surface area contributed by atoms with Crippen molar-refractivity contribution in [1.82, 2.24) is 0 Å². The summed E-state index contributed by atoms with van der Waals surface area (Å²) in [5.74, 6) is -2.44. The summed E-state index contributed by atoms with van der Waals surface area (Å²) in [6, 6.07) is 0. The van der Waals surface area contributed by atoms with Crippen LogP contribution < -0.4 is 0 Å². The molecule has 0 aromatic carbocycles. The van der Waals surface area contributed by atoms with Gasteiger partial charge in [-0.1, -0.05) is 56.6 Å². The highest BCUT2D eigenvalue weighted by atomic mass is 79.9. The van der Waals surface area contributed by atoms with Crippen LogP contribution in [0.4, 0.5) is 0 Å². The average molecular weight is 600 g/mol. The number of carbonyl (C=O) groups excluding carboxylic acids is 4. The largest absolute Gasteiger partial charge is 0.457 e. The summed E-state index contributed by atoms with van der Waals surface area (Å²) >= 11 is 11.3. The van der Waals surface area contributed by atoms with Gasteiger partial charge in [0.25, 0.3) is 0 Å². The molecule has 0 bridgehead atoms. The molecule has 9 atom stereocenters. The van der Waals surface area contributed by atoms with Gasteiger partial charge >= 0.3 is 11.9 Å². The molecule has 3 saturated carbocycles. The minimum atomic E-state index is -1.57. The zero-order valence-corrected chi connectivity index (χ0v) is 24.4. The number of hydrogen-bond acceptors (Lipinski definition) is 7. The van der Waals surface area contributed by atoms with Crippen LogP contribution in [0.1, 0.15) is 66.7 Å². The molecule has 4 rings (SSSR count). The molecule has 9 heteroatoms. The number of aliphatic hydroxyl groups is 1. The number of Topliss-reactive ketones (excluding diaryl/α,β-unsaturated/α-hetero) is 1. The molecule has 0 radical (unpaired) electrons. The molecule has 0 amide bonds. The molecule has 1 N–H and O–H groups in total. The smallest absolute Gasteiger partial charge is 0.306 e. The predicted octanol–water partition coefficient (Wildman–Crippen LogP) is 4.46. The van der Waals surface area contributed by atoms with Crippen LogP contribution in [0.2, 0.25) is 0 Å². The Morgan fingerprint density at radius 1 is 1.14 bits per heavy atom. The molecule has 0 aromatic rings. The van der Waals surface area contributed by atoms with Gasteiger partial charge in [0.05, 0.1) is 11.0 Å². The SMILES string of the molecule is CCC(=O)OCC(=O)[C@@]1(OC(=O)CC)[C@@H](C)C[C@H]2[C@@H]3C[C@H](Br)C4=CC(=O)C=C[C@]4(C)[C@@]3(Cl)[C@@H](O)C[C@@]21C. The van der Waals surface area contributed by atoms with E-state index in [1.165, 1.54) is 6.08 Å². The van der Waals surface area contributed by atoms with Crippen molar-refractivity contribution in [2.75, 3.05) is 6.61 Å². The van der Waals surface area contributed by atoms with E-state index in [2.05, 4.69) is 15.9 Å². The number of aliphatic hydroxyl groups excluding tert-OH is 1. The molecule has 0 aliphatic heterocycles. The normalized spacial score (nSPS) is 44.3. The number of ether oxygens (including phenoxy) is 2. The molecule has 37 heavy (non-hydrogen) atoms. The van der Waals surface area contributed by atoms with Crippen molar-refractivity contribution in [3.63, 3.8) is 0 Å². The van der Waals surface area contributed by atoms with Gasteiger partial charge in [0, 0.05) is 34.4 Å². The number of ketones is 2. The monoisotopic (exact) mass is 598 g/mol. The second-order valence-electron chi connectivity index (χ2n) is 11.5. The number of carbonyl (C=O) groups is 4. The molecule has 0 aromatic heterocycles. The standard InChI is InChI=1S/C28H36BrClO7/c1-6-23(34)36-14-22(33)28(37-24(35)7-2)15(3)10-17-18-12-20(29)19-11-16(31)8-9-25(19,4)27(18,30)21(32)13-26(17,28)5/h8-9,11,15,17-18,20-21,32H,6-7,10,12-14H2,1-5H3/t15-,17-,18-,20-,21-,25-,26-,27-,28-/m0/s1. The van der Waals surface area contributed by atoms with E-state index < -0.39 is 51.7 Å². The Bertz CT molecular complexity index is 1090. The first-order valence-corrected chi connectivity index (χ1v) is 14.4. The maximum atomic E-state index is 13.9. The van der Waals surface area contributed by atoms with E-state index in [4.69, 9.17) is 21.1 Å². The lowest BCUT2D eigenvalue weighted by molar-refractivity contribution is -0.203. The van der Waals surface area contributed by atoms with Crippen LogP contribution in [-0.2, 0) is 28.7 Å². The van der Waals surface area contributed by atoms with Crippen molar-refractivity contribution in [2.45, 2.75) is 88.1 Å². The summed E-state index contributed by atoms with van der Waals surface area (Å²) in [7, 11) is 0. The number of alkyl halides is 2. The predicted molar refractivity (Wildman–Crippen MR) is 141 cm³/mol. The molecule has 3 fully saturated rings. The fourth-order valence-electron chi connectivity index (χ4n) is 8.00. The van der Waals surface area contributed by atoms with Gasteiger partial charge in [-0.3, -0.25) is 19.2 Å². The molecular weight excluding hydrogens is 564 g/mol. The van der Waals surface area contributed by atoms with Crippen molar-refractivity contribution in [2.24, 2.45) is 28.6 Å². The lowest BCUT2D eigenvalue weighted by Gasteiger charge is -2.64. The molecule has 7 nitrogen and oxygen atoms in total. The third-order valence-electron chi connectivity index (χ3n) is 9.80. The average Bonchev–Trinajstić information content (AvgIpc) is 3.07. The Balaban J connectivity index is 1.83. The van der Waals surface area contributed by atoms with Crippen LogP contribution >= 0.6 is 27.5 Å². The summed E-state index contributed by atoms with van der Waals surface area (Å²) in [6.45, 7) is 8.55. The van der Waals surface area contributed by atoms with Gasteiger partial charge in [0.15, 0.2) is 18.0 Å². The Morgan fingerprint density at radius 3 is 2.41 bits per heavy atom. The fraction of sp³-hybridized carbons (Fsp3) is 0.714. The Labute approximate surface area is 231 Å². The Morgan fingerprint density at radius 2 is 1.78 bits per heavy atom. The van der Waals surface area contributed by atoms with Crippen molar-refractivity contribution in [3.8, 4) is 0 Å². The number of rotatable bonds is 6. The van der Waals surface area contributed by atoms with E-state index in [1.807, 2.05) is 26.8 Å². The Kier molecular flexibility index (Phi) is 7.39. The van der Waals surface area contributed by atoms with Gasteiger partial charge in [-0.05, 0) is 48.8 Å². The maximum Gasteiger partial charge on any atom is 0.306 e. The first-order valence-electron chi connectivity index (χ1n) is 13.1. The highest BCUT2D eigenvalue weighted by molar-refractivity contribution is 9.09. The van der Waals surface area contributed by atoms with Gasteiger partial charge in [0.1, 0.15) is 0 Å². The highest BCUT2D eigenvalue weighted by Gasteiger charge is 2.77. The zero-order valence-electron chi connectivity index (χ0n) is 22.0. The van der Waals surface area contributed by atoms with E-state index in [1.54, 1.807) is 19.9 Å². The highest BCUT2D eigenvalue weighted by Crippen LogP contribution is 2.72. The van der Waals surface area contributed by atoms with Crippen LogP contribution in [0.15, 0.2) is 23.8 Å². The van der Waals surface area contributed by atoms with Gasteiger partial charge < -0.3 is 14.6 Å². The van der Waals surface area contributed by atoms with E-state index >= 15 is 0 Å². The van der Waals surface area contributed by atoms with Crippen LogP contribution in [0.25, 0.3) is 0 Å². The molecule has 0 heterocycles. The summed E-state index contributed by atoms with van der Waals surface area (Å²) in [5, 5.41) is 11.8. The summed E-state index contributed by atoms with van der Waals surface area (Å²) < 4.78 is 11.3. The van der Waals surface area contributed by atoms with E-state index in [9.17, 15) is 24.3 Å². The topological polar surface area (TPSA) is 107 Å². The summed E-state index contributed by atoms with van der Waals surface area (Å²) in [4.78, 5) is 49.5. The lowest BCUT2D eigenvalue weighted by Crippen LogP contribution is -2.70. The Hall–Kier alpha value is -1.51. The van der Waals surface area contributed by atoms with Crippen molar-refractivity contribution in [1.29, 1.82) is 0 Å². The molecule has 0 saturated heterocycles. The first kappa shape index (κ1) is 28.5. The third kappa shape index (κ3) is 3.83. The maximum absolute atomic E-state index is 13.9. The second kappa shape index (κ2) is 9.60.